The summed E-state index contributed by atoms with van der Waals surface area (Å²) in [5.41, 5.74) is 7.12. The molecule has 0 unspecified atom stereocenters. The summed E-state index contributed by atoms with van der Waals surface area (Å²) in [7, 11) is 0. The number of nitrogens with two attached hydrogens (primary N) is 1. The number of pyridine rings is 2. The van der Waals surface area contributed by atoms with Crippen LogP contribution in [-0.4, -0.2) is 16.6 Å². The molecule has 18 heavy (non-hydrogen) atoms. The van der Waals surface area contributed by atoms with Crippen LogP contribution in [0.25, 0.3) is 0 Å². The highest BCUT2D eigenvalue weighted by atomic mass is 79.9. The van der Waals surface area contributed by atoms with Gasteiger partial charge in [-0.1, -0.05) is 0 Å². The Labute approximate surface area is 114 Å². The number of anilines is 3. The van der Waals surface area contributed by atoms with Crippen LogP contribution in [-0.2, 0) is 0 Å². The summed E-state index contributed by atoms with van der Waals surface area (Å²) >= 11 is 3.36. The Morgan fingerprint density at radius 2 is 2.22 bits per heavy atom. The Hall–Kier alpha value is -1.82. The average molecular weight is 309 g/mol. The lowest BCUT2D eigenvalue weighted by molar-refractivity contribution is 0.329. The van der Waals surface area contributed by atoms with Gasteiger partial charge >= 0.3 is 0 Å². The van der Waals surface area contributed by atoms with E-state index in [1.165, 1.54) is 0 Å². The Kier molecular flexibility index (Phi) is 3.99. The zero-order chi connectivity index (χ0) is 13.0. The van der Waals surface area contributed by atoms with Crippen molar-refractivity contribution in [2.45, 2.75) is 6.92 Å². The number of rotatable bonds is 4. The first-order valence-electron chi connectivity index (χ1n) is 5.46. The van der Waals surface area contributed by atoms with Crippen LogP contribution in [0.2, 0.25) is 0 Å². The van der Waals surface area contributed by atoms with E-state index in [-0.39, 0.29) is 0 Å². The Morgan fingerprint density at radius 1 is 1.39 bits per heavy atom. The smallest absolute Gasteiger partial charge is 0.239 e. The van der Waals surface area contributed by atoms with Gasteiger partial charge in [0, 0.05) is 10.7 Å². The minimum atomic E-state index is 0.436. The Morgan fingerprint density at radius 3 is 2.94 bits per heavy atom. The lowest BCUT2D eigenvalue weighted by Gasteiger charge is -2.09. The van der Waals surface area contributed by atoms with Crippen LogP contribution >= 0.6 is 15.9 Å². The lowest BCUT2D eigenvalue weighted by atomic mass is 10.3. The molecule has 3 N–H and O–H groups in total. The third-order valence-electron chi connectivity index (χ3n) is 2.15. The van der Waals surface area contributed by atoms with E-state index in [0.717, 1.165) is 10.2 Å². The molecule has 5 nitrogen and oxygen atoms in total. The molecule has 0 aromatic carbocycles. The van der Waals surface area contributed by atoms with Crippen molar-refractivity contribution in [3.05, 3.63) is 35.1 Å². The fourth-order valence-corrected chi connectivity index (χ4v) is 1.77. The van der Waals surface area contributed by atoms with Crippen LogP contribution in [0.3, 0.4) is 0 Å². The predicted octanol–water partition coefficient (Wildman–Crippen LogP) is 2.96. The quantitative estimate of drug-likeness (QED) is 0.908. The summed E-state index contributed by atoms with van der Waals surface area (Å²) < 4.78 is 6.23. The molecule has 0 spiro atoms. The van der Waals surface area contributed by atoms with E-state index < -0.39 is 0 Å². The van der Waals surface area contributed by atoms with E-state index in [0.29, 0.717) is 24.0 Å². The van der Waals surface area contributed by atoms with Crippen LogP contribution in [0.1, 0.15) is 6.92 Å². The number of nitrogens with one attached hydrogen (secondary N) is 1. The van der Waals surface area contributed by atoms with Crippen molar-refractivity contribution in [1.82, 2.24) is 9.97 Å². The van der Waals surface area contributed by atoms with Crippen LogP contribution in [0.5, 0.6) is 5.88 Å². The highest BCUT2D eigenvalue weighted by Gasteiger charge is 2.04. The summed E-state index contributed by atoms with van der Waals surface area (Å²) in [5, 5.41) is 3.13. The second-order valence-corrected chi connectivity index (χ2v) is 4.46. The first-order valence-corrected chi connectivity index (χ1v) is 6.25. The van der Waals surface area contributed by atoms with Gasteiger partial charge in [0.05, 0.1) is 24.2 Å². The number of hydrogen-bond donors (Lipinski definition) is 2. The van der Waals surface area contributed by atoms with Gasteiger partial charge in [-0.3, -0.25) is 4.98 Å². The number of halogens is 1. The summed E-state index contributed by atoms with van der Waals surface area (Å²) in [4.78, 5) is 8.35. The number of aromatic nitrogens is 2. The largest absolute Gasteiger partial charge is 0.476 e. The molecule has 2 heterocycles. The molecule has 2 aromatic heterocycles. The van der Waals surface area contributed by atoms with Crippen LogP contribution in [0.15, 0.2) is 35.1 Å². The van der Waals surface area contributed by atoms with Crippen molar-refractivity contribution in [2.75, 3.05) is 17.7 Å². The van der Waals surface area contributed by atoms with Crippen LogP contribution in [0.4, 0.5) is 17.2 Å². The molecule has 0 amide bonds. The van der Waals surface area contributed by atoms with Gasteiger partial charge in [0.15, 0.2) is 0 Å². The number of nitrogen functional groups attached to an aromatic ring is 1. The third-order valence-corrected chi connectivity index (χ3v) is 2.58. The highest BCUT2D eigenvalue weighted by molar-refractivity contribution is 9.10. The minimum absolute atomic E-state index is 0.436. The molecule has 0 radical (unpaired) electrons. The molecule has 6 heteroatoms. The monoisotopic (exact) mass is 308 g/mol. The number of ether oxygens (including phenoxy) is 1. The van der Waals surface area contributed by atoms with Gasteiger partial charge in [0.2, 0.25) is 5.88 Å². The fraction of sp³-hybridized carbons (Fsp3) is 0.167. The molecule has 0 saturated carbocycles. The molecule has 94 valence electrons. The van der Waals surface area contributed by atoms with Crippen molar-refractivity contribution >= 4 is 33.1 Å². The second-order valence-electron chi connectivity index (χ2n) is 3.54. The van der Waals surface area contributed by atoms with Gasteiger partial charge in [0.1, 0.15) is 5.82 Å². The van der Waals surface area contributed by atoms with E-state index in [1.54, 1.807) is 24.5 Å². The topological polar surface area (TPSA) is 73.1 Å². The highest BCUT2D eigenvalue weighted by Crippen LogP contribution is 2.23. The van der Waals surface area contributed by atoms with Gasteiger partial charge in [-0.15, -0.1) is 0 Å². The van der Waals surface area contributed by atoms with Crippen molar-refractivity contribution in [1.29, 1.82) is 0 Å². The first-order chi connectivity index (χ1) is 8.69. The van der Waals surface area contributed by atoms with Gasteiger partial charge in [0.25, 0.3) is 0 Å². The van der Waals surface area contributed by atoms with Crippen molar-refractivity contribution in [3.8, 4) is 5.88 Å². The maximum absolute atomic E-state index is 5.76. The lowest BCUT2D eigenvalue weighted by Crippen LogP contribution is -2.02. The Balaban J connectivity index is 2.21. The molecular weight excluding hydrogens is 296 g/mol. The van der Waals surface area contributed by atoms with Gasteiger partial charge in [-0.25, -0.2) is 0 Å². The SMILES string of the molecule is CCOc1nc(Nc2cncc(Br)c2)ccc1N. The summed E-state index contributed by atoms with van der Waals surface area (Å²) in [6.07, 6.45) is 3.43. The standard InChI is InChI=1S/C12H13BrN4O/c1-2-18-12-10(14)3-4-11(17-12)16-9-5-8(13)6-15-7-9/h3-7H,2,14H2,1H3,(H,16,17). The molecule has 0 saturated heterocycles. The summed E-state index contributed by atoms with van der Waals surface area (Å²) in [5.74, 6) is 1.10. The maximum atomic E-state index is 5.76. The number of hydrogen-bond acceptors (Lipinski definition) is 5. The molecule has 2 rings (SSSR count). The zero-order valence-electron chi connectivity index (χ0n) is 9.85. The molecule has 0 aliphatic carbocycles. The fourth-order valence-electron chi connectivity index (χ4n) is 1.40. The van der Waals surface area contributed by atoms with E-state index in [9.17, 15) is 0 Å². The molecular formula is C12H13BrN4O. The van der Waals surface area contributed by atoms with Gasteiger partial charge in [-0.05, 0) is 41.1 Å². The van der Waals surface area contributed by atoms with E-state index in [1.807, 2.05) is 13.0 Å². The van der Waals surface area contributed by atoms with Crippen LogP contribution in [0, 0.1) is 0 Å². The van der Waals surface area contributed by atoms with E-state index in [2.05, 4.69) is 31.2 Å². The van der Waals surface area contributed by atoms with E-state index >= 15 is 0 Å². The summed E-state index contributed by atoms with van der Waals surface area (Å²) in [6.45, 7) is 2.42. The molecule has 0 atom stereocenters. The van der Waals surface area contributed by atoms with E-state index in [4.69, 9.17) is 10.5 Å². The number of nitrogens with zero attached hydrogens (tertiary/aromatic N) is 2. The maximum Gasteiger partial charge on any atom is 0.239 e. The normalized spacial score (nSPS) is 10.1. The van der Waals surface area contributed by atoms with Crippen molar-refractivity contribution in [3.63, 3.8) is 0 Å². The minimum Gasteiger partial charge on any atom is -0.476 e. The average Bonchev–Trinajstić information content (AvgIpc) is 2.34. The summed E-state index contributed by atoms with van der Waals surface area (Å²) in [6, 6.07) is 5.45. The van der Waals surface area contributed by atoms with Crippen molar-refractivity contribution < 1.29 is 4.74 Å². The zero-order valence-corrected chi connectivity index (χ0v) is 11.4. The molecule has 0 aliphatic heterocycles. The second kappa shape index (κ2) is 5.68. The molecule has 0 fully saturated rings. The molecule has 0 bridgehead atoms. The van der Waals surface area contributed by atoms with Crippen molar-refractivity contribution in [2.24, 2.45) is 0 Å². The predicted molar refractivity (Wildman–Crippen MR) is 75.0 cm³/mol. The van der Waals surface area contributed by atoms with Crippen LogP contribution < -0.4 is 15.8 Å². The first kappa shape index (κ1) is 12.6. The third kappa shape index (κ3) is 3.10. The Bertz CT molecular complexity index is 547. The van der Waals surface area contributed by atoms with Gasteiger partial charge in [-0.2, -0.15) is 4.98 Å². The molecule has 0 aliphatic rings. The molecule has 2 aromatic rings. The van der Waals surface area contributed by atoms with Gasteiger partial charge < -0.3 is 15.8 Å².